The zero-order valence-electron chi connectivity index (χ0n) is 31.6. The number of carbonyl (C=O) groups excluding carboxylic acids is 1. The zero-order valence-corrected chi connectivity index (χ0v) is 32.5. The van der Waals surface area contributed by atoms with Crippen molar-refractivity contribution in [1.82, 2.24) is 9.62 Å². The Morgan fingerprint density at radius 1 is 1.04 bits per heavy atom. The Bertz CT molecular complexity index is 1390. The van der Waals surface area contributed by atoms with E-state index in [1.54, 1.807) is 59.0 Å². The Morgan fingerprint density at radius 3 is 2.25 bits per heavy atom. The van der Waals surface area contributed by atoms with E-state index in [9.17, 15) is 33.6 Å². The number of para-hydroxylation sites is 1. The van der Waals surface area contributed by atoms with E-state index in [-0.39, 0.29) is 18.8 Å². The lowest BCUT2D eigenvalue weighted by Crippen LogP contribution is -2.62. The molecule has 1 aliphatic carbocycles. The summed E-state index contributed by atoms with van der Waals surface area (Å²) in [6.07, 6.45) is -5.60. The first-order chi connectivity index (χ1) is 23.7. The van der Waals surface area contributed by atoms with Gasteiger partial charge in [-0.1, -0.05) is 39.0 Å². The topological polar surface area (TPSA) is 184 Å². The quantitative estimate of drug-likeness (QED) is 0.246. The molecule has 1 saturated carbocycles. The molecule has 14 heteroatoms. The van der Waals surface area contributed by atoms with Gasteiger partial charge in [-0.25, -0.2) is 8.42 Å². The first-order valence-corrected chi connectivity index (χ1v) is 20.0. The number of likely N-dealkylation sites (N-methyl/N-ethyl adjacent to an activating group) is 1. The van der Waals surface area contributed by atoms with Crippen molar-refractivity contribution in [3.05, 3.63) is 30.3 Å². The van der Waals surface area contributed by atoms with E-state index >= 15 is 0 Å². The van der Waals surface area contributed by atoms with Gasteiger partial charge < -0.3 is 44.7 Å². The molecule has 2 aliphatic heterocycles. The van der Waals surface area contributed by atoms with Crippen molar-refractivity contribution >= 4 is 16.0 Å². The molecule has 5 N–H and O–H groups in total. The third kappa shape index (κ3) is 9.63. The van der Waals surface area contributed by atoms with Crippen LogP contribution >= 0.6 is 0 Å². The van der Waals surface area contributed by atoms with Gasteiger partial charge in [-0.3, -0.25) is 4.79 Å². The van der Waals surface area contributed by atoms with E-state index in [4.69, 9.17) is 18.9 Å². The molecule has 3 fully saturated rings. The van der Waals surface area contributed by atoms with Crippen LogP contribution in [0.2, 0.25) is 0 Å². The highest BCUT2D eigenvalue weighted by Crippen LogP contribution is 2.39. The van der Waals surface area contributed by atoms with Crippen LogP contribution < -0.4 is 10.1 Å². The van der Waals surface area contributed by atoms with E-state index in [0.717, 1.165) is 0 Å². The Hall–Kier alpha value is -1.88. The van der Waals surface area contributed by atoms with Crippen LogP contribution in [0.5, 0.6) is 5.75 Å². The Morgan fingerprint density at radius 2 is 1.67 bits per heavy atom. The van der Waals surface area contributed by atoms with Gasteiger partial charge >= 0.3 is 5.97 Å². The maximum Gasteiger partial charge on any atom is 0.311 e. The lowest BCUT2D eigenvalue weighted by atomic mass is 9.78. The maximum absolute atomic E-state index is 13.5. The highest BCUT2D eigenvalue weighted by Gasteiger charge is 2.52. The van der Waals surface area contributed by atoms with Gasteiger partial charge in [-0.15, -0.1) is 0 Å². The number of cyclic esters (lactones) is 1. The van der Waals surface area contributed by atoms with Crippen LogP contribution in [0.15, 0.2) is 30.3 Å². The van der Waals surface area contributed by atoms with Gasteiger partial charge in [0, 0.05) is 19.0 Å². The van der Waals surface area contributed by atoms with Crippen LogP contribution in [0.1, 0.15) is 87.5 Å². The van der Waals surface area contributed by atoms with Crippen molar-refractivity contribution < 1.29 is 52.6 Å². The third-order valence-corrected chi connectivity index (χ3v) is 13.5. The average Bonchev–Trinajstić information content (AvgIpc) is 3.94. The predicted molar refractivity (Wildman–Crippen MR) is 191 cm³/mol. The predicted octanol–water partition coefficient (Wildman–Crippen LogP) is 2.58. The molecular formula is C37H62N2O11S. The van der Waals surface area contributed by atoms with Crippen LogP contribution in [0.4, 0.5) is 0 Å². The summed E-state index contributed by atoms with van der Waals surface area (Å²) in [5.41, 5.74) is -3.42. The van der Waals surface area contributed by atoms with Crippen LogP contribution in [0, 0.1) is 17.8 Å². The number of ether oxygens (including phenoxy) is 4. The second kappa shape index (κ2) is 16.6. The number of hydrogen-bond donors (Lipinski definition) is 5. The van der Waals surface area contributed by atoms with Crippen molar-refractivity contribution in [2.24, 2.45) is 17.8 Å². The second-order valence-electron chi connectivity index (χ2n) is 15.8. The molecule has 0 amide bonds. The van der Waals surface area contributed by atoms with Crippen molar-refractivity contribution in [1.29, 1.82) is 0 Å². The molecule has 51 heavy (non-hydrogen) atoms. The smallest absolute Gasteiger partial charge is 0.311 e. The molecule has 13 nitrogen and oxygen atoms in total. The number of aliphatic hydroxyl groups excluding tert-OH is 2. The van der Waals surface area contributed by atoms with Gasteiger partial charge in [0.15, 0.2) is 12.4 Å². The van der Waals surface area contributed by atoms with Crippen LogP contribution in [0.25, 0.3) is 0 Å². The number of sulfonamides is 1. The summed E-state index contributed by atoms with van der Waals surface area (Å²) in [6, 6.07) is 7.68. The summed E-state index contributed by atoms with van der Waals surface area (Å²) in [7, 11) is -2.08. The molecule has 0 bridgehead atoms. The molecule has 4 rings (SSSR count). The average molecular weight is 743 g/mol. The first kappa shape index (κ1) is 41.9. The number of nitrogens with zero attached hydrogens (tertiary/aromatic N) is 1. The zero-order chi connectivity index (χ0) is 38.1. The molecule has 14 atom stereocenters. The minimum absolute atomic E-state index is 0.170. The lowest BCUT2D eigenvalue weighted by molar-refractivity contribution is -0.293. The van der Waals surface area contributed by atoms with Crippen LogP contribution in [-0.2, 0) is 29.0 Å². The number of nitrogens with one attached hydrogen (secondary N) is 1. The van der Waals surface area contributed by atoms with E-state index in [1.165, 1.54) is 18.2 Å². The van der Waals surface area contributed by atoms with Crippen molar-refractivity contribution in [3.63, 3.8) is 0 Å². The van der Waals surface area contributed by atoms with Crippen LogP contribution in [-0.4, -0.2) is 124 Å². The number of benzene rings is 1. The summed E-state index contributed by atoms with van der Waals surface area (Å²) in [4.78, 5) is 13.5. The van der Waals surface area contributed by atoms with Gasteiger partial charge in [0.25, 0.3) is 0 Å². The van der Waals surface area contributed by atoms with E-state index in [1.807, 2.05) is 19.9 Å². The fourth-order valence-corrected chi connectivity index (χ4v) is 9.56. The van der Waals surface area contributed by atoms with Gasteiger partial charge in [0.05, 0.1) is 41.1 Å². The maximum atomic E-state index is 13.5. The molecule has 0 radical (unpaired) electrons. The fourth-order valence-electron chi connectivity index (χ4n) is 7.77. The molecule has 2 saturated heterocycles. The highest BCUT2D eigenvalue weighted by molar-refractivity contribution is 7.90. The van der Waals surface area contributed by atoms with Gasteiger partial charge in [-0.2, -0.15) is 4.31 Å². The largest absolute Gasteiger partial charge is 0.483 e. The van der Waals surface area contributed by atoms with E-state index in [2.05, 4.69) is 5.32 Å². The second-order valence-corrected chi connectivity index (χ2v) is 18.1. The fraction of sp³-hybridized carbons (Fsp3) is 0.811. The number of hydrogen-bond acceptors (Lipinski definition) is 12. The van der Waals surface area contributed by atoms with Crippen molar-refractivity contribution in [3.8, 4) is 5.75 Å². The lowest BCUT2D eigenvalue weighted by Gasteiger charge is -2.47. The highest BCUT2D eigenvalue weighted by atomic mass is 32.2. The Labute approximate surface area is 304 Å². The molecule has 0 unspecified atom stereocenters. The Kier molecular flexibility index (Phi) is 13.7. The van der Waals surface area contributed by atoms with E-state index in [0.29, 0.717) is 31.6 Å². The molecule has 1 aromatic carbocycles. The summed E-state index contributed by atoms with van der Waals surface area (Å²) in [6.45, 7) is 13.8. The van der Waals surface area contributed by atoms with E-state index < -0.39 is 99.3 Å². The minimum atomic E-state index is -3.63. The van der Waals surface area contributed by atoms with Gasteiger partial charge in [-0.05, 0) is 91.3 Å². The Balaban J connectivity index is 1.74. The summed E-state index contributed by atoms with van der Waals surface area (Å²) in [5.74, 6) is -2.50. The molecule has 1 aromatic rings. The third-order valence-electron chi connectivity index (χ3n) is 11.1. The molecule has 3 aliphatic rings. The molecule has 0 spiro atoms. The summed E-state index contributed by atoms with van der Waals surface area (Å²) >= 11 is 0. The van der Waals surface area contributed by atoms with Gasteiger partial charge in [0.1, 0.15) is 23.6 Å². The van der Waals surface area contributed by atoms with Crippen molar-refractivity contribution in [2.75, 3.05) is 13.6 Å². The number of rotatable bonds is 8. The molecular weight excluding hydrogens is 680 g/mol. The van der Waals surface area contributed by atoms with Crippen molar-refractivity contribution in [2.45, 2.75) is 159 Å². The molecule has 292 valence electrons. The first-order valence-electron chi connectivity index (χ1n) is 18.5. The summed E-state index contributed by atoms with van der Waals surface area (Å²) in [5, 5.41) is 49.3. The molecule has 0 aromatic heterocycles. The monoisotopic (exact) mass is 742 g/mol. The standard InChI is InChI=1S/C37H62N2O11S/c1-10-29-37(8,44)32(41)25(6)38-20-21(2)19-36(7,43)33(23(4)30(40)24(5)34(42)49-29)50-35-31(48-26-14-12-11-13-15-26)28(18-22(3)47-35)39(9)51(45,46)27-16-17-27/h11-15,21-25,27-33,35,38,40-41,43-44H,10,16-20H2,1-9H3/t21-,22-,23+,24-,25-,28+,29-,30+,31-,32-,33-,35+,36-,37-/m1/s1. The number of carbonyl (C=O) groups is 1. The minimum Gasteiger partial charge on any atom is -0.483 e. The SMILES string of the molecule is CC[C@H]1OC(=O)[C@H](C)[C@@H](O)[C@H](C)[C@@H](O[C@@H]2O[C@H](C)C[C@H](N(C)S(=O)(=O)C3CC3)[C@H]2Oc2ccccc2)[C@](C)(O)C[C@@H](C)CN[C@H](C)[C@@H](O)[C@]1(C)O. The normalized spacial score (nSPS) is 42.4. The number of esters is 1. The van der Waals surface area contributed by atoms with Crippen LogP contribution in [0.3, 0.4) is 0 Å². The van der Waals surface area contributed by atoms with Gasteiger partial charge in [0.2, 0.25) is 10.0 Å². The molecule has 2 heterocycles. The summed E-state index contributed by atoms with van der Waals surface area (Å²) < 4.78 is 53.8. The number of aliphatic hydroxyl groups is 4.